The number of nitrogens with zero attached hydrogens (tertiary/aromatic N) is 6. The van der Waals surface area contributed by atoms with Crippen molar-refractivity contribution in [1.82, 2.24) is 30.0 Å². The molecule has 0 saturated carbocycles. The molecule has 2 aromatic rings. The minimum atomic E-state index is 0.198. The second kappa shape index (κ2) is 7.31. The highest BCUT2D eigenvalue weighted by molar-refractivity contribution is 5.76. The van der Waals surface area contributed by atoms with Gasteiger partial charge in [0, 0.05) is 38.6 Å². The van der Waals surface area contributed by atoms with E-state index in [4.69, 9.17) is 0 Å². The maximum atomic E-state index is 12.4. The van der Waals surface area contributed by atoms with E-state index in [9.17, 15) is 4.79 Å². The monoisotopic (exact) mass is 340 g/mol. The van der Waals surface area contributed by atoms with Crippen molar-refractivity contribution in [3.05, 3.63) is 41.7 Å². The average Bonchev–Trinajstić information content (AvgIpc) is 3.19. The van der Waals surface area contributed by atoms with Crippen LogP contribution in [0.15, 0.2) is 30.6 Å². The summed E-state index contributed by atoms with van der Waals surface area (Å²) in [7, 11) is 0. The van der Waals surface area contributed by atoms with Gasteiger partial charge in [-0.15, -0.1) is 5.10 Å². The van der Waals surface area contributed by atoms with Crippen LogP contribution in [0.4, 0.5) is 0 Å². The van der Waals surface area contributed by atoms with E-state index in [1.807, 2.05) is 4.90 Å². The zero-order valence-electron chi connectivity index (χ0n) is 14.4. The minimum absolute atomic E-state index is 0.198. The van der Waals surface area contributed by atoms with Gasteiger partial charge in [-0.3, -0.25) is 9.69 Å². The molecule has 2 heterocycles. The van der Waals surface area contributed by atoms with Gasteiger partial charge in [0.2, 0.25) is 5.91 Å². The molecule has 25 heavy (non-hydrogen) atoms. The predicted octanol–water partition coefficient (Wildman–Crippen LogP) is 0.765. The summed E-state index contributed by atoms with van der Waals surface area (Å²) in [5.41, 5.74) is 3.01. The number of carbonyl (C=O) groups is 1. The molecule has 0 unspecified atom stereocenters. The molecule has 1 atom stereocenters. The van der Waals surface area contributed by atoms with Crippen molar-refractivity contribution in [3.8, 4) is 0 Å². The van der Waals surface area contributed by atoms with Gasteiger partial charge in [0.25, 0.3) is 0 Å². The Kier molecular flexibility index (Phi) is 4.74. The van der Waals surface area contributed by atoms with Crippen molar-refractivity contribution in [1.29, 1.82) is 0 Å². The fourth-order valence-corrected chi connectivity index (χ4v) is 3.98. The van der Waals surface area contributed by atoms with Crippen LogP contribution in [-0.2, 0) is 24.2 Å². The van der Waals surface area contributed by atoms with Crippen molar-refractivity contribution in [2.45, 2.75) is 38.3 Å². The van der Waals surface area contributed by atoms with Crippen LogP contribution in [0, 0.1) is 0 Å². The molecule has 1 aliphatic carbocycles. The van der Waals surface area contributed by atoms with Gasteiger partial charge in [0.15, 0.2) is 0 Å². The van der Waals surface area contributed by atoms with Gasteiger partial charge in [-0.2, -0.15) is 0 Å². The van der Waals surface area contributed by atoms with Crippen LogP contribution in [0.1, 0.15) is 24.0 Å². The van der Waals surface area contributed by atoms with E-state index in [2.05, 4.69) is 44.7 Å². The summed E-state index contributed by atoms with van der Waals surface area (Å²) in [6.07, 6.45) is 5.55. The zero-order valence-corrected chi connectivity index (χ0v) is 14.4. The summed E-state index contributed by atoms with van der Waals surface area (Å²) in [6, 6.07) is 9.42. The van der Waals surface area contributed by atoms with E-state index in [1.165, 1.54) is 24.0 Å². The first kappa shape index (κ1) is 16.2. The molecule has 0 spiro atoms. The maximum absolute atomic E-state index is 12.4. The zero-order chi connectivity index (χ0) is 17.1. The molecule has 132 valence electrons. The Morgan fingerprint density at radius 1 is 1.12 bits per heavy atom. The number of hydrogen-bond acceptors (Lipinski definition) is 5. The molecule has 1 fully saturated rings. The topological polar surface area (TPSA) is 67.2 Å². The average molecular weight is 340 g/mol. The van der Waals surface area contributed by atoms with E-state index < -0.39 is 0 Å². The first-order chi connectivity index (χ1) is 12.3. The van der Waals surface area contributed by atoms with Crippen LogP contribution in [0.2, 0.25) is 0 Å². The molecule has 1 aromatic carbocycles. The lowest BCUT2D eigenvalue weighted by atomic mass is 9.87. The largest absolute Gasteiger partial charge is 0.340 e. The van der Waals surface area contributed by atoms with Crippen LogP contribution in [0.5, 0.6) is 0 Å². The SMILES string of the molecule is O=C(CCn1cnnn1)N1CCN([C@H]2CCc3ccccc3C2)CC1. The fourth-order valence-electron chi connectivity index (χ4n) is 3.98. The fraction of sp³-hybridized carbons (Fsp3) is 0.556. The second-order valence-corrected chi connectivity index (χ2v) is 6.90. The molecule has 0 N–H and O–H groups in total. The van der Waals surface area contributed by atoms with Gasteiger partial charge < -0.3 is 4.90 Å². The van der Waals surface area contributed by atoms with Crippen LogP contribution in [0.25, 0.3) is 0 Å². The van der Waals surface area contributed by atoms with Gasteiger partial charge >= 0.3 is 0 Å². The summed E-state index contributed by atoms with van der Waals surface area (Å²) in [5.74, 6) is 0.198. The van der Waals surface area contributed by atoms with Crippen molar-refractivity contribution in [2.24, 2.45) is 0 Å². The van der Waals surface area contributed by atoms with Crippen molar-refractivity contribution < 1.29 is 4.79 Å². The molecule has 7 heteroatoms. The lowest BCUT2D eigenvalue weighted by Gasteiger charge is -2.41. The molecule has 0 bridgehead atoms. The van der Waals surface area contributed by atoms with Crippen LogP contribution >= 0.6 is 0 Å². The Morgan fingerprint density at radius 2 is 1.92 bits per heavy atom. The summed E-state index contributed by atoms with van der Waals surface area (Å²) < 4.78 is 1.60. The summed E-state index contributed by atoms with van der Waals surface area (Å²) in [4.78, 5) is 16.9. The summed E-state index contributed by atoms with van der Waals surface area (Å²) >= 11 is 0. The Morgan fingerprint density at radius 3 is 2.68 bits per heavy atom. The normalized spacial score (nSPS) is 21.1. The van der Waals surface area contributed by atoms with Gasteiger partial charge in [-0.1, -0.05) is 24.3 Å². The number of carbonyl (C=O) groups excluding carboxylic acids is 1. The Labute approximate surface area is 147 Å². The molecule has 1 aliphatic heterocycles. The lowest BCUT2D eigenvalue weighted by molar-refractivity contribution is -0.133. The van der Waals surface area contributed by atoms with Crippen LogP contribution in [0.3, 0.4) is 0 Å². The number of aryl methyl sites for hydroxylation is 2. The highest BCUT2D eigenvalue weighted by atomic mass is 16.2. The Balaban J connectivity index is 1.26. The maximum Gasteiger partial charge on any atom is 0.224 e. The van der Waals surface area contributed by atoms with E-state index >= 15 is 0 Å². The molecule has 1 aromatic heterocycles. The first-order valence-corrected chi connectivity index (χ1v) is 9.09. The highest BCUT2D eigenvalue weighted by Gasteiger charge is 2.28. The van der Waals surface area contributed by atoms with Crippen molar-refractivity contribution in [3.63, 3.8) is 0 Å². The molecular weight excluding hydrogens is 316 g/mol. The van der Waals surface area contributed by atoms with Crippen LogP contribution < -0.4 is 0 Å². The van der Waals surface area contributed by atoms with Gasteiger partial charge in [-0.25, -0.2) is 4.68 Å². The molecular formula is C18H24N6O. The Hall–Kier alpha value is -2.28. The molecule has 2 aliphatic rings. The molecule has 1 amide bonds. The third-order valence-electron chi connectivity index (χ3n) is 5.45. The third kappa shape index (κ3) is 3.71. The van der Waals surface area contributed by atoms with E-state index in [0.717, 1.165) is 32.6 Å². The van der Waals surface area contributed by atoms with E-state index in [1.54, 1.807) is 11.0 Å². The van der Waals surface area contributed by atoms with Crippen molar-refractivity contribution >= 4 is 5.91 Å². The van der Waals surface area contributed by atoms with E-state index in [-0.39, 0.29) is 5.91 Å². The number of fused-ring (bicyclic) bond motifs is 1. The molecule has 1 saturated heterocycles. The Bertz CT molecular complexity index is 708. The summed E-state index contributed by atoms with van der Waals surface area (Å²) in [6.45, 7) is 4.15. The number of aromatic nitrogens is 4. The van der Waals surface area contributed by atoms with Crippen molar-refractivity contribution in [2.75, 3.05) is 26.2 Å². The quantitative estimate of drug-likeness (QED) is 0.822. The molecule has 7 nitrogen and oxygen atoms in total. The van der Waals surface area contributed by atoms with E-state index in [0.29, 0.717) is 19.0 Å². The standard InChI is InChI=1S/C18H24N6O/c25-18(7-8-24-14-19-20-21-24)23-11-9-22(10-12-23)17-6-5-15-3-1-2-4-16(15)13-17/h1-4,14,17H,5-13H2/t17-/m0/s1. The predicted molar refractivity (Wildman–Crippen MR) is 92.8 cm³/mol. The van der Waals surface area contributed by atoms with Gasteiger partial charge in [0.1, 0.15) is 6.33 Å². The number of benzene rings is 1. The van der Waals surface area contributed by atoms with Gasteiger partial charge in [-0.05, 0) is 40.8 Å². The number of amides is 1. The number of tetrazole rings is 1. The van der Waals surface area contributed by atoms with Crippen LogP contribution in [-0.4, -0.2) is 68.1 Å². The minimum Gasteiger partial charge on any atom is -0.340 e. The molecule has 0 radical (unpaired) electrons. The number of piperazine rings is 1. The first-order valence-electron chi connectivity index (χ1n) is 9.09. The number of rotatable bonds is 4. The number of hydrogen-bond donors (Lipinski definition) is 0. The summed E-state index contributed by atoms with van der Waals surface area (Å²) in [5, 5.41) is 11.0. The molecule has 4 rings (SSSR count). The lowest BCUT2D eigenvalue weighted by Crippen LogP contribution is -2.53. The smallest absolute Gasteiger partial charge is 0.224 e. The second-order valence-electron chi connectivity index (χ2n) is 6.90. The third-order valence-corrected chi connectivity index (χ3v) is 5.45. The highest BCUT2D eigenvalue weighted by Crippen LogP contribution is 2.25. The van der Waals surface area contributed by atoms with Gasteiger partial charge in [0.05, 0.1) is 6.54 Å².